The predicted octanol–water partition coefficient (Wildman–Crippen LogP) is -0.0202. The number of likely N-dealkylation sites (N-methyl/N-ethyl adjacent to an activating group) is 1. The first-order valence-electron chi connectivity index (χ1n) is 6.30. The minimum absolute atomic E-state index is 0.205. The Kier molecular flexibility index (Phi) is 6.86. The molecular weight excluding hydrogens is 280 g/mol. The van der Waals surface area contributed by atoms with Crippen molar-refractivity contribution in [2.24, 2.45) is 0 Å². The van der Waals surface area contributed by atoms with Crippen molar-refractivity contribution in [3.8, 4) is 0 Å². The third-order valence-electron chi connectivity index (χ3n) is 2.76. The molecule has 0 aliphatic carbocycles. The first kappa shape index (κ1) is 16.8. The number of methoxy groups -OCH3 is 1. The summed E-state index contributed by atoms with van der Waals surface area (Å²) in [5.41, 5.74) is 0. The third-order valence-corrected chi connectivity index (χ3v) is 4.22. The molecular formula is C12H22N4O3S. The Morgan fingerprint density at radius 1 is 1.40 bits per heavy atom. The molecule has 2 N–H and O–H groups in total. The first-order chi connectivity index (χ1) is 9.49. The molecule has 8 heteroatoms. The van der Waals surface area contributed by atoms with Crippen LogP contribution in [0.5, 0.6) is 0 Å². The van der Waals surface area contributed by atoms with Crippen LogP contribution in [0.4, 0.5) is 5.82 Å². The smallest absolute Gasteiger partial charge is 0.240 e. The Morgan fingerprint density at radius 2 is 2.15 bits per heavy atom. The van der Waals surface area contributed by atoms with Crippen LogP contribution in [0.2, 0.25) is 0 Å². The van der Waals surface area contributed by atoms with E-state index in [2.05, 4.69) is 15.0 Å². The zero-order chi connectivity index (χ0) is 15.0. The first-order valence-corrected chi connectivity index (χ1v) is 7.79. The maximum absolute atomic E-state index is 12.1. The lowest BCUT2D eigenvalue weighted by molar-refractivity contribution is 0.162. The molecule has 0 saturated carbocycles. The minimum atomic E-state index is -3.50. The van der Waals surface area contributed by atoms with Crippen molar-refractivity contribution in [2.45, 2.75) is 4.90 Å². The number of rotatable bonds is 9. The van der Waals surface area contributed by atoms with Gasteiger partial charge in [0.25, 0.3) is 0 Å². The van der Waals surface area contributed by atoms with Crippen LogP contribution in [-0.4, -0.2) is 65.7 Å². The van der Waals surface area contributed by atoms with E-state index >= 15 is 0 Å². The summed E-state index contributed by atoms with van der Waals surface area (Å²) >= 11 is 0. The molecule has 0 amide bonds. The molecule has 1 rings (SSSR count). The van der Waals surface area contributed by atoms with E-state index in [1.165, 1.54) is 18.3 Å². The molecule has 0 radical (unpaired) electrons. The second kappa shape index (κ2) is 8.15. The van der Waals surface area contributed by atoms with Gasteiger partial charge in [0.15, 0.2) is 0 Å². The van der Waals surface area contributed by atoms with Crippen LogP contribution in [0.15, 0.2) is 23.2 Å². The van der Waals surface area contributed by atoms with Crippen molar-refractivity contribution in [3.63, 3.8) is 0 Å². The van der Waals surface area contributed by atoms with Crippen LogP contribution >= 0.6 is 0 Å². The number of aromatic nitrogens is 1. The molecule has 0 spiro atoms. The number of pyridine rings is 1. The minimum Gasteiger partial charge on any atom is -0.383 e. The lowest BCUT2D eigenvalue weighted by Crippen LogP contribution is -2.34. The van der Waals surface area contributed by atoms with E-state index in [1.54, 1.807) is 14.2 Å². The maximum atomic E-state index is 12.1. The topological polar surface area (TPSA) is 83.6 Å². The van der Waals surface area contributed by atoms with Crippen molar-refractivity contribution >= 4 is 15.8 Å². The summed E-state index contributed by atoms with van der Waals surface area (Å²) in [6, 6.07) is 2.97. The standard InChI is InChI=1S/C12H22N4O3S/c1-13-12-10-11(4-5-14-12)20(17,18)15-6-7-16(2)8-9-19-3/h4-5,10,15H,6-9H2,1-3H3,(H,13,14). The average Bonchev–Trinajstić information content (AvgIpc) is 2.45. The molecule has 114 valence electrons. The van der Waals surface area contributed by atoms with Crippen molar-refractivity contribution < 1.29 is 13.2 Å². The second-order valence-corrected chi connectivity index (χ2v) is 6.09. The molecule has 1 aromatic heterocycles. The van der Waals surface area contributed by atoms with Gasteiger partial charge < -0.3 is 15.0 Å². The van der Waals surface area contributed by atoms with Crippen LogP contribution in [0.1, 0.15) is 0 Å². The van der Waals surface area contributed by atoms with Crippen molar-refractivity contribution in [1.29, 1.82) is 0 Å². The normalized spacial score (nSPS) is 11.8. The molecule has 1 heterocycles. The second-order valence-electron chi connectivity index (χ2n) is 4.32. The third kappa shape index (κ3) is 5.41. The SMILES string of the molecule is CNc1cc(S(=O)(=O)NCCN(C)CCOC)ccn1. The number of anilines is 1. The van der Waals surface area contributed by atoms with Gasteiger partial charge in [0.05, 0.1) is 11.5 Å². The highest BCUT2D eigenvalue weighted by atomic mass is 32.2. The van der Waals surface area contributed by atoms with Crippen LogP contribution in [0, 0.1) is 0 Å². The fourth-order valence-electron chi connectivity index (χ4n) is 1.53. The van der Waals surface area contributed by atoms with Gasteiger partial charge in [-0.3, -0.25) is 0 Å². The summed E-state index contributed by atoms with van der Waals surface area (Å²) in [7, 11) is 1.75. The number of hydrogen-bond donors (Lipinski definition) is 2. The van der Waals surface area contributed by atoms with E-state index in [-0.39, 0.29) is 4.90 Å². The van der Waals surface area contributed by atoms with Crippen molar-refractivity contribution in [2.75, 3.05) is 52.8 Å². The molecule has 0 bridgehead atoms. The number of ether oxygens (including phenoxy) is 1. The van der Waals surface area contributed by atoms with Gasteiger partial charge in [0.2, 0.25) is 10.0 Å². The molecule has 0 aliphatic rings. The van der Waals surface area contributed by atoms with Crippen molar-refractivity contribution in [1.82, 2.24) is 14.6 Å². The Balaban J connectivity index is 2.53. The van der Waals surface area contributed by atoms with E-state index in [1.807, 2.05) is 11.9 Å². The van der Waals surface area contributed by atoms with E-state index in [9.17, 15) is 8.42 Å². The number of hydrogen-bond acceptors (Lipinski definition) is 6. The zero-order valence-corrected chi connectivity index (χ0v) is 12.9. The lowest BCUT2D eigenvalue weighted by atomic mass is 10.5. The predicted molar refractivity (Wildman–Crippen MR) is 78.3 cm³/mol. The van der Waals surface area contributed by atoms with Crippen LogP contribution in [-0.2, 0) is 14.8 Å². The molecule has 1 aromatic rings. The summed E-state index contributed by atoms with van der Waals surface area (Å²) in [5, 5.41) is 2.81. The fraction of sp³-hybridized carbons (Fsp3) is 0.583. The van der Waals surface area contributed by atoms with Crippen LogP contribution in [0.3, 0.4) is 0 Å². The number of sulfonamides is 1. The van der Waals surface area contributed by atoms with Crippen LogP contribution < -0.4 is 10.0 Å². The highest BCUT2D eigenvalue weighted by molar-refractivity contribution is 7.89. The molecule has 7 nitrogen and oxygen atoms in total. The highest BCUT2D eigenvalue weighted by Gasteiger charge is 2.14. The van der Waals surface area contributed by atoms with E-state index in [0.29, 0.717) is 25.5 Å². The van der Waals surface area contributed by atoms with Gasteiger partial charge in [-0.2, -0.15) is 0 Å². The van der Waals surface area contributed by atoms with Crippen LogP contribution in [0.25, 0.3) is 0 Å². The van der Waals surface area contributed by atoms with E-state index < -0.39 is 10.0 Å². The summed E-state index contributed by atoms with van der Waals surface area (Å²) in [6.07, 6.45) is 1.46. The van der Waals surface area contributed by atoms with Gasteiger partial charge >= 0.3 is 0 Å². The molecule has 0 atom stereocenters. The summed E-state index contributed by atoms with van der Waals surface area (Å²) < 4.78 is 31.7. The molecule has 0 aromatic carbocycles. The van der Waals surface area contributed by atoms with E-state index in [4.69, 9.17) is 4.74 Å². The van der Waals surface area contributed by atoms with Gasteiger partial charge in [0, 0.05) is 46.1 Å². The average molecular weight is 302 g/mol. The van der Waals surface area contributed by atoms with E-state index in [0.717, 1.165) is 6.54 Å². The summed E-state index contributed by atoms with van der Waals surface area (Å²) in [5.74, 6) is 0.519. The highest BCUT2D eigenvalue weighted by Crippen LogP contribution is 2.11. The fourth-order valence-corrected chi connectivity index (χ4v) is 2.56. The lowest BCUT2D eigenvalue weighted by Gasteiger charge is -2.16. The Bertz CT molecular complexity index is 507. The molecule has 0 saturated heterocycles. The zero-order valence-electron chi connectivity index (χ0n) is 12.1. The summed E-state index contributed by atoms with van der Waals surface area (Å²) in [6.45, 7) is 2.35. The van der Waals surface area contributed by atoms with Gasteiger partial charge in [-0.05, 0) is 13.1 Å². The molecule has 0 fully saturated rings. The molecule has 0 aliphatic heterocycles. The largest absolute Gasteiger partial charge is 0.383 e. The van der Waals surface area contributed by atoms with Gasteiger partial charge in [-0.1, -0.05) is 0 Å². The molecule has 20 heavy (non-hydrogen) atoms. The number of nitrogens with zero attached hydrogens (tertiary/aromatic N) is 2. The van der Waals surface area contributed by atoms with Crippen molar-refractivity contribution in [3.05, 3.63) is 18.3 Å². The van der Waals surface area contributed by atoms with Gasteiger partial charge in [-0.25, -0.2) is 18.1 Å². The van der Waals surface area contributed by atoms with Gasteiger partial charge in [0.1, 0.15) is 5.82 Å². The summed E-state index contributed by atoms with van der Waals surface area (Å²) in [4.78, 5) is 6.19. The Morgan fingerprint density at radius 3 is 2.80 bits per heavy atom. The maximum Gasteiger partial charge on any atom is 0.240 e. The quantitative estimate of drug-likeness (QED) is 0.667. The molecule has 0 unspecified atom stereocenters. The Labute approximate surface area is 120 Å². The van der Waals surface area contributed by atoms with Gasteiger partial charge in [-0.15, -0.1) is 0 Å². The Hall–Kier alpha value is -1.22. The number of nitrogens with one attached hydrogen (secondary N) is 2. The monoisotopic (exact) mass is 302 g/mol.